The largest absolute Gasteiger partial charge is 0.507 e. The molecule has 0 saturated heterocycles. The van der Waals surface area contributed by atoms with Gasteiger partial charge in [0.15, 0.2) is 23.0 Å². The molecule has 3 rings (SSSR count). The fraction of sp³-hybridized carbons (Fsp3) is 0.278. The van der Waals surface area contributed by atoms with Gasteiger partial charge in [-0.05, 0) is 37.4 Å². The Hall–Kier alpha value is -2.54. The van der Waals surface area contributed by atoms with E-state index in [1.54, 1.807) is 6.07 Å². The zero-order valence-electron chi connectivity index (χ0n) is 13.8. The van der Waals surface area contributed by atoms with Crippen LogP contribution < -0.4 is 0 Å². The summed E-state index contributed by atoms with van der Waals surface area (Å²) >= 11 is 0. The number of phenols is 1. The van der Waals surface area contributed by atoms with Crippen LogP contribution in [0.3, 0.4) is 0 Å². The number of aromatic nitrogens is 1. The van der Waals surface area contributed by atoms with Crippen molar-refractivity contribution < 1.29 is 22.8 Å². The van der Waals surface area contributed by atoms with Crippen molar-refractivity contribution in [3.8, 4) is 17.0 Å². The van der Waals surface area contributed by atoms with Gasteiger partial charge < -0.3 is 9.63 Å². The van der Waals surface area contributed by atoms with Gasteiger partial charge in [-0.2, -0.15) is 0 Å². The van der Waals surface area contributed by atoms with E-state index in [0.717, 1.165) is 25.2 Å². The smallest absolute Gasteiger partial charge is 0.194 e. The van der Waals surface area contributed by atoms with Crippen LogP contribution in [0.2, 0.25) is 0 Å². The summed E-state index contributed by atoms with van der Waals surface area (Å²) in [5.41, 5.74) is 1.14. The average Bonchev–Trinajstić information content (AvgIpc) is 3.02. The predicted molar refractivity (Wildman–Crippen MR) is 87.6 cm³/mol. The van der Waals surface area contributed by atoms with Crippen LogP contribution in [0.1, 0.15) is 19.4 Å². The first-order chi connectivity index (χ1) is 12.0. The molecule has 0 unspecified atom stereocenters. The van der Waals surface area contributed by atoms with Crippen LogP contribution in [0.5, 0.6) is 5.75 Å². The summed E-state index contributed by atoms with van der Waals surface area (Å²) in [5.74, 6) is -4.07. The maximum absolute atomic E-state index is 13.5. The molecule has 2 aromatic carbocycles. The van der Waals surface area contributed by atoms with Crippen LogP contribution in [0.15, 0.2) is 28.8 Å². The van der Waals surface area contributed by atoms with Gasteiger partial charge in [0, 0.05) is 12.1 Å². The molecule has 0 aliphatic carbocycles. The molecule has 0 amide bonds. The molecule has 0 saturated carbocycles. The van der Waals surface area contributed by atoms with E-state index < -0.39 is 17.5 Å². The van der Waals surface area contributed by atoms with Gasteiger partial charge in [-0.25, -0.2) is 13.2 Å². The molecule has 0 aliphatic heterocycles. The predicted octanol–water partition coefficient (Wildman–Crippen LogP) is 4.46. The molecule has 3 aromatic rings. The Labute approximate surface area is 142 Å². The Morgan fingerprint density at radius 3 is 2.32 bits per heavy atom. The molecule has 0 spiro atoms. The van der Waals surface area contributed by atoms with Gasteiger partial charge in [-0.3, -0.25) is 4.90 Å². The summed E-state index contributed by atoms with van der Waals surface area (Å²) in [6, 6.07) is 4.78. The number of halogens is 3. The molecule has 132 valence electrons. The Morgan fingerprint density at radius 2 is 1.72 bits per heavy atom. The summed E-state index contributed by atoms with van der Waals surface area (Å²) in [5, 5.41) is 14.5. The van der Waals surface area contributed by atoms with Crippen molar-refractivity contribution >= 4 is 11.0 Å². The number of rotatable bonds is 5. The van der Waals surface area contributed by atoms with E-state index in [-0.39, 0.29) is 17.0 Å². The van der Waals surface area contributed by atoms with Gasteiger partial charge in [0.1, 0.15) is 11.4 Å². The van der Waals surface area contributed by atoms with Gasteiger partial charge in [0.2, 0.25) is 0 Å². The standard InChI is InChI=1S/C18H17F3N2O2/c1-3-23(4-2)9-12-15(24)6-5-11-17(22-25-18(11)12)10-7-13(19)16(21)14(20)8-10/h5-8,24H,3-4,9H2,1-2H3. The molecule has 0 atom stereocenters. The Bertz CT molecular complexity index is 897. The summed E-state index contributed by atoms with van der Waals surface area (Å²) < 4.78 is 45.6. The molecule has 25 heavy (non-hydrogen) atoms. The maximum Gasteiger partial charge on any atom is 0.194 e. The molecular weight excluding hydrogens is 333 g/mol. The highest BCUT2D eigenvalue weighted by Crippen LogP contribution is 2.35. The lowest BCUT2D eigenvalue weighted by atomic mass is 10.0. The van der Waals surface area contributed by atoms with Gasteiger partial charge >= 0.3 is 0 Å². The third-order valence-corrected chi connectivity index (χ3v) is 4.25. The van der Waals surface area contributed by atoms with Crippen molar-refractivity contribution in [3.05, 3.63) is 47.3 Å². The summed E-state index contributed by atoms with van der Waals surface area (Å²) in [7, 11) is 0. The molecule has 0 aliphatic rings. The number of hydrogen-bond donors (Lipinski definition) is 1. The summed E-state index contributed by atoms with van der Waals surface area (Å²) in [6.07, 6.45) is 0. The third kappa shape index (κ3) is 3.07. The monoisotopic (exact) mass is 350 g/mol. The van der Waals surface area contributed by atoms with E-state index >= 15 is 0 Å². The normalized spacial score (nSPS) is 11.6. The van der Waals surface area contributed by atoms with Crippen LogP contribution in [0.25, 0.3) is 22.2 Å². The summed E-state index contributed by atoms with van der Waals surface area (Å²) in [4.78, 5) is 2.08. The average molecular weight is 350 g/mol. The minimum absolute atomic E-state index is 0.0542. The van der Waals surface area contributed by atoms with E-state index in [1.165, 1.54) is 6.07 Å². The number of phenolic OH excluding ortho intramolecular Hbond substituents is 1. The molecule has 1 heterocycles. The van der Waals surface area contributed by atoms with Gasteiger partial charge in [0.25, 0.3) is 0 Å². The highest BCUT2D eigenvalue weighted by atomic mass is 19.2. The van der Waals surface area contributed by atoms with E-state index in [2.05, 4.69) is 10.1 Å². The molecule has 1 aromatic heterocycles. The van der Waals surface area contributed by atoms with Gasteiger partial charge in [-0.1, -0.05) is 19.0 Å². The fourth-order valence-corrected chi connectivity index (χ4v) is 2.77. The second-order valence-corrected chi connectivity index (χ2v) is 5.69. The van der Waals surface area contributed by atoms with Gasteiger partial charge in [0.05, 0.1) is 10.9 Å². The second kappa shape index (κ2) is 6.76. The Morgan fingerprint density at radius 1 is 1.08 bits per heavy atom. The molecule has 4 nitrogen and oxygen atoms in total. The van der Waals surface area contributed by atoms with Crippen molar-refractivity contribution in [3.63, 3.8) is 0 Å². The zero-order valence-corrected chi connectivity index (χ0v) is 13.8. The first-order valence-electron chi connectivity index (χ1n) is 7.93. The zero-order chi connectivity index (χ0) is 18.1. The number of fused-ring (bicyclic) bond motifs is 1. The molecular formula is C18H17F3N2O2. The minimum Gasteiger partial charge on any atom is -0.507 e. The molecule has 0 radical (unpaired) electrons. The van der Waals surface area contributed by atoms with Crippen molar-refractivity contribution in [2.45, 2.75) is 20.4 Å². The van der Waals surface area contributed by atoms with Gasteiger partial charge in [-0.15, -0.1) is 0 Å². The number of aromatic hydroxyl groups is 1. The number of nitrogens with zero attached hydrogens (tertiary/aromatic N) is 2. The van der Waals surface area contributed by atoms with E-state index in [1.807, 2.05) is 13.8 Å². The lowest BCUT2D eigenvalue weighted by molar-refractivity contribution is 0.289. The lowest BCUT2D eigenvalue weighted by Gasteiger charge is -2.18. The third-order valence-electron chi connectivity index (χ3n) is 4.25. The molecule has 1 N–H and O–H groups in total. The quantitative estimate of drug-likeness (QED) is 0.690. The van der Waals surface area contributed by atoms with Crippen LogP contribution in [-0.4, -0.2) is 28.3 Å². The van der Waals surface area contributed by atoms with Crippen molar-refractivity contribution in [1.29, 1.82) is 0 Å². The maximum atomic E-state index is 13.5. The highest BCUT2D eigenvalue weighted by Gasteiger charge is 2.20. The van der Waals surface area contributed by atoms with Crippen molar-refractivity contribution in [1.82, 2.24) is 10.1 Å². The van der Waals surface area contributed by atoms with Crippen molar-refractivity contribution in [2.24, 2.45) is 0 Å². The highest BCUT2D eigenvalue weighted by molar-refractivity contribution is 5.94. The van der Waals surface area contributed by atoms with E-state index in [4.69, 9.17) is 4.52 Å². The van der Waals surface area contributed by atoms with Crippen LogP contribution in [0.4, 0.5) is 13.2 Å². The number of benzene rings is 2. The Balaban J connectivity index is 2.14. The van der Waals surface area contributed by atoms with E-state index in [9.17, 15) is 18.3 Å². The summed E-state index contributed by atoms with van der Waals surface area (Å²) in [6.45, 7) is 5.99. The second-order valence-electron chi connectivity index (χ2n) is 5.69. The molecule has 0 fully saturated rings. The Kier molecular flexibility index (Phi) is 4.67. The van der Waals surface area contributed by atoms with Crippen LogP contribution in [0, 0.1) is 17.5 Å². The topological polar surface area (TPSA) is 49.5 Å². The van der Waals surface area contributed by atoms with Crippen molar-refractivity contribution in [2.75, 3.05) is 13.1 Å². The minimum atomic E-state index is -1.53. The first-order valence-corrected chi connectivity index (χ1v) is 7.93. The number of hydrogen-bond acceptors (Lipinski definition) is 4. The molecule has 0 bridgehead atoms. The van der Waals surface area contributed by atoms with E-state index in [0.29, 0.717) is 23.1 Å². The molecule has 7 heteroatoms. The van der Waals surface area contributed by atoms with Crippen LogP contribution in [-0.2, 0) is 6.54 Å². The first kappa shape index (κ1) is 17.3. The fourth-order valence-electron chi connectivity index (χ4n) is 2.77. The van der Waals surface area contributed by atoms with Crippen LogP contribution >= 0.6 is 0 Å². The lowest BCUT2D eigenvalue weighted by Crippen LogP contribution is -2.22. The SMILES string of the molecule is CCN(CC)Cc1c(O)ccc2c(-c3cc(F)c(F)c(F)c3)noc12.